The number of nitrogens with zero attached hydrogens (tertiary/aromatic N) is 1. The van der Waals surface area contributed by atoms with Crippen molar-refractivity contribution in [3.05, 3.63) is 0 Å². The van der Waals surface area contributed by atoms with Crippen LogP contribution in [0.4, 0.5) is 8.78 Å². The topological polar surface area (TPSA) is 29.4 Å². The minimum absolute atomic E-state index is 0.0200. The SMILES string of the molecule is CC(C)(C)[S@](=O)N=CCC1CCC(F)(F)CC1. The molecule has 1 fully saturated rings. The molecule has 17 heavy (non-hydrogen) atoms. The Hall–Kier alpha value is -0.320. The predicted molar refractivity (Wildman–Crippen MR) is 67.9 cm³/mol. The van der Waals surface area contributed by atoms with E-state index in [4.69, 9.17) is 0 Å². The van der Waals surface area contributed by atoms with Crippen LogP contribution in [0.1, 0.15) is 52.9 Å². The molecule has 1 rings (SSSR count). The summed E-state index contributed by atoms with van der Waals surface area (Å²) in [7, 11) is -1.24. The minimum atomic E-state index is -2.47. The van der Waals surface area contributed by atoms with Gasteiger partial charge < -0.3 is 0 Å². The molecule has 0 spiro atoms. The van der Waals surface area contributed by atoms with E-state index in [0.29, 0.717) is 19.3 Å². The molecular weight excluding hydrogens is 244 g/mol. The van der Waals surface area contributed by atoms with E-state index < -0.39 is 16.9 Å². The predicted octanol–water partition coefficient (Wildman–Crippen LogP) is 3.74. The van der Waals surface area contributed by atoms with E-state index in [9.17, 15) is 13.0 Å². The summed E-state index contributed by atoms with van der Waals surface area (Å²) in [4.78, 5) is 0. The van der Waals surface area contributed by atoms with Gasteiger partial charge in [0.05, 0.1) is 4.75 Å². The summed E-state index contributed by atoms with van der Waals surface area (Å²) >= 11 is 0. The van der Waals surface area contributed by atoms with E-state index in [1.807, 2.05) is 20.8 Å². The van der Waals surface area contributed by atoms with Crippen LogP contribution in [0.15, 0.2) is 4.40 Å². The van der Waals surface area contributed by atoms with Crippen molar-refractivity contribution in [2.75, 3.05) is 0 Å². The fourth-order valence-corrected chi connectivity index (χ4v) is 2.29. The zero-order chi connectivity index (χ0) is 13.1. The zero-order valence-corrected chi connectivity index (χ0v) is 11.5. The van der Waals surface area contributed by atoms with Gasteiger partial charge in [0.15, 0.2) is 0 Å². The summed E-state index contributed by atoms with van der Waals surface area (Å²) in [5, 5.41) is 0. The molecule has 1 saturated carbocycles. The first-order valence-electron chi connectivity index (χ1n) is 6.03. The van der Waals surface area contributed by atoms with Crippen molar-refractivity contribution < 1.29 is 13.0 Å². The number of hydrogen-bond donors (Lipinski definition) is 0. The molecule has 100 valence electrons. The highest BCUT2D eigenvalue weighted by Crippen LogP contribution is 2.37. The highest BCUT2D eigenvalue weighted by atomic mass is 32.2. The Morgan fingerprint density at radius 2 is 1.88 bits per heavy atom. The van der Waals surface area contributed by atoms with Crippen LogP contribution in [-0.2, 0) is 11.0 Å². The summed E-state index contributed by atoms with van der Waals surface area (Å²) in [6.45, 7) is 5.59. The summed E-state index contributed by atoms with van der Waals surface area (Å²) in [5.41, 5.74) is 0. The van der Waals surface area contributed by atoms with Gasteiger partial charge in [0.1, 0.15) is 11.0 Å². The molecule has 0 aromatic rings. The van der Waals surface area contributed by atoms with Gasteiger partial charge in [-0.05, 0) is 46.0 Å². The van der Waals surface area contributed by atoms with Crippen molar-refractivity contribution >= 4 is 17.2 Å². The van der Waals surface area contributed by atoms with Crippen LogP contribution in [0.25, 0.3) is 0 Å². The molecule has 0 bridgehead atoms. The lowest BCUT2D eigenvalue weighted by Crippen LogP contribution is -2.25. The second kappa shape index (κ2) is 5.55. The maximum atomic E-state index is 12.9. The van der Waals surface area contributed by atoms with Crippen molar-refractivity contribution in [1.29, 1.82) is 0 Å². The number of hydrogen-bond acceptors (Lipinski definition) is 1. The van der Waals surface area contributed by atoms with Gasteiger partial charge in [-0.3, -0.25) is 0 Å². The van der Waals surface area contributed by atoms with Crippen LogP contribution in [-0.4, -0.2) is 21.1 Å². The Balaban J connectivity index is 2.33. The first-order chi connectivity index (χ1) is 7.71. The van der Waals surface area contributed by atoms with Gasteiger partial charge in [0.25, 0.3) is 0 Å². The Bertz CT molecular complexity index is 300. The molecule has 1 aliphatic carbocycles. The normalized spacial score (nSPS) is 24.1. The molecule has 0 aromatic carbocycles. The lowest BCUT2D eigenvalue weighted by atomic mass is 9.85. The quantitative estimate of drug-likeness (QED) is 0.715. The van der Waals surface area contributed by atoms with E-state index in [2.05, 4.69) is 4.40 Å². The fraction of sp³-hybridized carbons (Fsp3) is 0.917. The van der Waals surface area contributed by atoms with Gasteiger partial charge in [-0.1, -0.05) is 0 Å². The average molecular weight is 265 g/mol. The van der Waals surface area contributed by atoms with Crippen LogP contribution < -0.4 is 0 Å². The summed E-state index contributed by atoms with van der Waals surface area (Å²) in [6.07, 6.45) is 3.36. The van der Waals surface area contributed by atoms with Crippen molar-refractivity contribution in [3.63, 3.8) is 0 Å². The fourth-order valence-electron chi connectivity index (χ4n) is 1.75. The van der Waals surface area contributed by atoms with E-state index in [1.54, 1.807) is 6.21 Å². The van der Waals surface area contributed by atoms with E-state index in [-0.39, 0.29) is 23.5 Å². The minimum Gasteiger partial charge on any atom is -0.234 e. The maximum absolute atomic E-state index is 12.9. The average Bonchev–Trinajstić information content (AvgIpc) is 2.19. The molecule has 2 nitrogen and oxygen atoms in total. The van der Waals surface area contributed by atoms with Gasteiger partial charge in [0, 0.05) is 19.1 Å². The van der Waals surface area contributed by atoms with Crippen LogP contribution >= 0.6 is 0 Å². The third-order valence-electron chi connectivity index (χ3n) is 2.97. The van der Waals surface area contributed by atoms with E-state index >= 15 is 0 Å². The van der Waals surface area contributed by atoms with Crippen molar-refractivity contribution in [2.45, 2.75) is 63.5 Å². The molecule has 1 atom stereocenters. The Morgan fingerprint density at radius 3 is 2.35 bits per heavy atom. The number of halogens is 2. The highest BCUT2D eigenvalue weighted by Gasteiger charge is 2.34. The summed E-state index contributed by atoms with van der Waals surface area (Å²) in [6, 6.07) is 0. The van der Waals surface area contributed by atoms with Crippen molar-refractivity contribution in [2.24, 2.45) is 10.3 Å². The molecule has 0 amide bonds. The molecule has 0 radical (unpaired) electrons. The van der Waals surface area contributed by atoms with Gasteiger partial charge in [-0.25, -0.2) is 13.0 Å². The smallest absolute Gasteiger partial charge is 0.234 e. The van der Waals surface area contributed by atoms with Crippen LogP contribution in [0.3, 0.4) is 0 Å². The highest BCUT2D eigenvalue weighted by molar-refractivity contribution is 7.85. The largest absolute Gasteiger partial charge is 0.248 e. The number of alkyl halides is 2. The number of rotatable bonds is 3. The summed E-state index contributed by atoms with van der Waals surface area (Å²) < 4.78 is 41.0. The Kier molecular flexibility index (Phi) is 4.81. The van der Waals surface area contributed by atoms with Crippen LogP contribution in [0, 0.1) is 5.92 Å². The van der Waals surface area contributed by atoms with Gasteiger partial charge >= 0.3 is 0 Å². The molecule has 0 heterocycles. The Morgan fingerprint density at radius 1 is 1.35 bits per heavy atom. The van der Waals surface area contributed by atoms with Crippen LogP contribution in [0.2, 0.25) is 0 Å². The first-order valence-corrected chi connectivity index (χ1v) is 7.14. The lowest BCUT2D eigenvalue weighted by molar-refractivity contribution is -0.0448. The lowest BCUT2D eigenvalue weighted by Gasteiger charge is -2.27. The van der Waals surface area contributed by atoms with Crippen molar-refractivity contribution in [1.82, 2.24) is 0 Å². The third-order valence-corrected chi connectivity index (χ3v) is 4.36. The third kappa shape index (κ3) is 5.23. The van der Waals surface area contributed by atoms with Gasteiger partial charge in [-0.2, -0.15) is 4.40 Å². The first kappa shape index (κ1) is 14.7. The maximum Gasteiger partial charge on any atom is 0.248 e. The second-order valence-corrected chi connectivity index (χ2v) is 7.62. The molecule has 1 aliphatic rings. The molecule has 0 aliphatic heterocycles. The standard InChI is InChI=1S/C12H21F2NOS/c1-11(2,3)17(16)15-9-6-10-4-7-12(13,14)8-5-10/h9-10H,4-8H2,1-3H3/t17-/m0/s1. The molecular formula is C12H21F2NOS. The van der Waals surface area contributed by atoms with Crippen LogP contribution in [0.5, 0.6) is 0 Å². The van der Waals surface area contributed by atoms with Gasteiger partial charge in [-0.15, -0.1) is 0 Å². The summed E-state index contributed by atoms with van der Waals surface area (Å²) in [5.74, 6) is -2.20. The molecule has 5 heteroatoms. The van der Waals surface area contributed by atoms with E-state index in [1.165, 1.54) is 0 Å². The van der Waals surface area contributed by atoms with Crippen molar-refractivity contribution in [3.8, 4) is 0 Å². The van der Waals surface area contributed by atoms with E-state index in [0.717, 1.165) is 0 Å². The van der Waals surface area contributed by atoms with Gasteiger partial charge in [0.2, 0.25) is 5.92 Å². The monoisotopic (exact) mass is 265 g/mol. The molecule has 0 aromatic heterocycles. The molecule has 0 N–H and O–H groups in total. The molecule has 0 unspecified atom stereocenters. The Labute approximate surface area is 104 Å². The second-order valence-electron chi connectivity index (χ2n) is 5.68. The zero-order valence-electron chi connectivity index (χ0n) is 10.7. The molecule has 0 saturated heterocycles.